The van der Waals surface area contributed by atoms with Crippen molar-refractivity contribution in [3.05, 3.63) is 12.7 Å². The highest BCUT2D eigenvalue weighted by molar-refractivity contribution is 5.80. The van der Waals surface area contributed by atoms with Crippen LogP contribution in [-0.4, -0.2) is 33.3 Å². The van der Waals surface area contributed by atoms with E-state index >= 15 is 0 Å². The van der Waals surface area contributed by atoms with Gasteiger partial charge < -0.3 is 11.1 Å². The number of carbonyl (C=O) groups excluding carboxylic acids is 1. The second-order valence-corrected chi connectivity index (χ2v) is 4.13. The maximum Gasteiger partial charge on any atom is 0.244 e. The Kier molecular flexibility index (Phi) is 5.62. The van der Waals surface area contributed by atoms with Crippen LogP contribution in [0.3, 0.4) is 0 Å². The highest BCUT2D eigenvalue weighted by Crippen LogP contribution is 2.05. The molecule has 1 amide bonds. The van der Waals surface area contributed by atoms with Crippen molar-refractivity contribution < 1.29 is 4.79 Å². The predicted molar refractivity (Wildman–Crippen MR) is 65.2 cm³/mol. The number of nitrogens with one attached hydrogen (secondary N) is 1. The second kappa shape index (κ2) is 7.01. The first-order valence-corrected chi connectivity index (χ1v) is 6.03. The molecule has 0 spiro atoms. The molecule has 0 aliphatic rings. The molecule has 6 nitrogen and oxygen atoms in total. The number of amides is 1. The van der Waals surface area contributed by atoms with Crippen LogP contribution in [0.2, 0.25) is 0 Å². The average molecular weight is 239 g/mol. The molecule has 3 N–H and O–H groups in total. The Morgan fingerprint density at radius 3 is 2.88 bits per heavy atom. The second-order valence-electron chi connectivity index (χ2n) is 4.13. The first kappa shape index (κ1) is 13.6. The molecule has 0 saturated heterocycles. The van der Waals surface area contributed by atoms with Crippen molar-refractivity contribution in [2.75, 3.05) is 6.54 Å². The van der Waals surface area contributed by atoms with Gasteiger partial charge >= 0.3 is 0 Å². The Balaban J connectivity index is 2.46. The van der Waals surface area contributed by atoms with Gasteiger partial charge in [0, 0.05) is 12.6 Å². The van der Waals surface area contributed by atoms with Crippen molar-refractivity contribution >= 4 is 5.91 Å². The van der Waals surface area contributed by atoms with Gasteiger partial charge in [-0.2, -0.15) is 5.10 Å². The van der Waals surface area contributed by atoms with Gasteiger partial charge in [0.2, 0.25) is 5.91 Å². The van der Waals surface area contributed by atoms with E-state index in [-0.39, 0.29) is 18.0 Å². The summed E-state index contributed by atoms with van der Waals surface area (Å²) >= 11 is 0. The fraction of sp³-hybridized carbons (Fsp3) is 0.727. The molecular formula is C11H21N5O. The summed E-state index contributed by atoms with van der Waals surface area (Å²) in [6.45, 7) is 4.38. The number of hydrogen-bond donors (Lipinski definition) is 2. The van der Waals surface area contributed by atoms with Gasteiger partial charge in [-0.05, 0) is 13.3 Å². The molecule has 1 aromatic rings. The van der Waals surface area contributed by atoms with E-state index < -0.39 is 0 Å². The molecule has 0 aliphatic heterocycles. The Morgan fingerprint density at radius 2 is 2.35 bits per heavy atom. The van der Waals surface area contributed by atoms with Crippen LogP contribution in [0.4, 0.5) is 0 Å². The lowest BCUT2D eigenvalue weighted by Gasteiger charge is -2.19. The summed E-state index contributed by atoms with van der Waals surface area (Å²) in [7, 11) is 0. The standard InChI is InChI=1S/C11H21N5O/c1-3-4-5-10(6-12)15-11(17)9(2)16-8-13-7-14-16/h7-10H,3-6,12H2,1-2H3,(H,15,17). The third-order valence-corrected chi connectivity index (χ3v) is 2.75. The number of carbonyl (C=O) groups is 1. The van der Waals surface area contributed by atoms with Crippen LogP contribution in [0, 0.1) is 0 Å². The molecule has 96 valence electrons. The largest absolute Gasteiger partial charge is 0.350 e. The number of rotatable bonds is 7. The van der Waals surface area contributed by atoms with Crippen molar-refractivity contribution in [1.29, 1.82) is 0 Å². The van der Waals surface area contributed by atoms with E-state index in [1.807, 2.05) is 0 Å². The first-order valence-electron chi connectivity index (χ1n) is 6.03. The monoisotopic (exact) mass is 239 g/mol. The zero-order valence-corrected chi connectivity index (χ0v) is 10.5. The maximum absolute atomic E-state index is 11.9. The highest BCUT2D eigenvalue weighted by Gasteiger charge is 2.18. The molecular weight excluding hydrogens is 218 g/mol. The maximum atomic E-state index is 11.9. The fourth-order valence-corrected chi connectivity index (χ4v) is 1.56. The van der Waals surface area contributed by atoms with Crippen LogP contribution >= 0.6 is 0 Å². The molecule has 6 heteroatoms. The van der Waals surface area contributed by atoms with E-state index in [1.165, 1.54) is 17.3 Å². The van der Waals surface area contributed by atoms with Crippen LogP contribution in [0.1, 0.15) is 39.2 Å². The van der Waals surface area contributed by atoms with E-state index in [0.717, 1.165) is 19.3 Å². The molecule has 0 radical (unpaired) electrons. The van der Waals surface area contributed by atoms with E-state index in [4.69, 9.17) is 5.73 Å². The summed E-state index contributed by atoms with van der Waals surface area (Å²) < 4.78 is 1.53. The van der Waals surface area contributed by atoms with Crippen molar-refractivity contribution in [3.63, 3.8) is 0 Å². The topological polar surface area (TPSA) is 85.8 Å². The van der Waals surface area contributed by atoms with Gasteiger partial charge in [0.15, 0.2) is 0 Å². The molecule has 0 aliphatic carbocycles. The van der Waals surface area contributed by atoms with E-state index in [1.54, 1.807) is 6.92 Å². The lowest BCUT2D eigenvalue weighted by atomic mass is 10.1. The van der Waals surface area contributed by atoms with Crippen LogP contribution in [-0.2, 0) is 4.79 Å². The molecule has 2 atom stereocenters. The number of nitrogens with two attached hydrogens (primary N) is 1. The Labute approximate surface area is 102 Å². The van der Waals surface area contributed by atoms with Crippen LogP contribution in [0.5, 0.6) is 0 Å². The van der Waals surface area contributed by atoms with E-state index in [9.17, 15) is 4.79 Å². The van der Waals surface area contributed by atoms with Gasteiger partial charge in [-0.25, -0.2) is 9.67 Å². The number of hydrogen-bond acceptors (Lipinski definition) is 4. The molecule has 0 bridgehead atoms. The SMILES string of the molecule is CCCCC(CN)NC(=O)C(C)n1cncn1. The Bertz CT molecular complexity index is 325. The predicted octanol–water partition coefficient (Wildman–Crippen LogP) is 0.473. The van der Waals surface area contributed by atoms with E-state index in [2.05, 4.69) is 22.3 Å². The minimum atomic E-state index is -0.354. The lowest BCUT2D eigenvalue weighted by molar-refractivity contribution is -0.124. The van der Waals surface area contributed by atoms with Gasteiger partial charge in [-0.1, -0.05) is 19.8 Å². The van der Waals surface area contributed by atoms with Crippen LogP contribution in [0.25, 0.3) is 0 Å². The van der Waals surface area contributed by atoms with Crippen molar-refractivity contribution in [3.8, 4) is 0 Å². The Hall–Kier alpha value is -1.43. The lowest BCUT2D eigenvalue weighted by Crippen LogP contribution is -2.43. The minimum absolute atomic E-state index is 0.0495. The molecule has 0 saturated carbocycles. The smallest absolute Gasteiger partial charge is 0.244 e. The van der Waals surface area contributed by atoms with Crippen LogP contribution in [0.15, 0.2) is 12.7 Å². The summed E-state index contributed by atoms with van der Waals surface area (Å²) in [4.78, 5) is 15.7. The number of unbranched alkanes of at least 4 members (excludes halogenated alkanes) is 1. The molecule has 1 aromatic heterocycles. The zero-order valence-electron chi connectivity index (χ0n) is 10.5. The minimum Gasteiger partial charge on any atom is -0.350 e. The van der Waals surface area contributed by atoms with E-state index in [0.29, 0.717) is 6.54 Å². The normalized spacial score (nSPS) is 14.3. The van der Waals surface area contributed by atoms with Crippen molar-refractivity contribution in [2.24, 2.45) is 5.73 Å². The summed E-state index contributed by atoms with van der Waals surface area (Å²) in [5, 5.41) is 6.88. The molecule has 0 fully saturated rings. The van der Waals surface area contributed by atoms with Crippen LogP contribution < -0.4 is 11.1 Å². The molecule has 1 rings (SSSR count). The van der Waals surface area contributed by atoms with Gasteiger partial charge in [0.25, 0.3) is 0 Å². The highest BCUT2D eigenvalue weighted by atomic mass is 16.2. The third-order valence-electron chi connectivity index (χ3n) is 2.75. The summed E-state index contributed by atoms with van der Waals surface area (Å²) in [5.74, 6) is -0.0675. The van der Waals surface area contributed by atoms with Crippen molar-refractivity contribution in [2.45, 2.75) is 45.2 Å². The van der Waals surface area contributed by atoms with Gasteiger partial charge in [0.1, 0.15) is 18.7 Å². The quantitative estimate of drug-likeness (QED) is 0.724. The number of nitrogens with zero attached hydrogens (tertiary/aromatic N) is 3. The molecule has 2 unspecified atom stereocenters. The first-order chi connectivity index (χ1) is 8.19. The van der Waals surface area contributed by atoms with Crippen molar-refractivity contribution in [1.82, 2.24) is 20.1 Å². The molecule has 17 heavy (non-hydrogen) atoms. The fourth-order valence-electron chi connectivity index (χ4n) is 1.56. The van der Waals surface area contributed by atoms with Gasteiger partial charge in [-0.3, -0.25) is 4.79 Å². The Morgan fingerprint density at radius 1 is 1.59 bits per heavy atom. The average Bonchev–Trinajstić information content (AvgIpc) is 2.86. The zero-order chi connectivity index (χ0) is 12.7. The number of aromatic nitrogens is 3. The summed E-state index contributed by atoms with van der Waals surface area (Å²) in [6.07, 6.45) is 6.04. The molecule has 0 aromatic carbocycles. The molecule has 1 heterocycles. The van der Waals surface area contributed by atoms with Gasteiger partial charge in [-0.15, -0.1) is 0 Å². The summed E-state index contributed by atoms with van der Waals surface area (Å²) in [6, 6.07) is -0.304. The summed E-state index contributed by atoms with van der Waals surface area (Å²) in [5.41, 5.74) is 5.63. The third kappa shape index (κ3) is 4.14. The van der Waals surface area contributed by atoms with Gasteiger partial charge in [0.05, 0.1) is 0 Å².